The lowest BCUT2D eigenvalue weighted by atomic mass is 9.75. The topological polar surface area (TPSA) is 85.3 Å². The summed E-state index contributed by atoms with van der Waals surface area (Å²) >= 11 is 0. The second-order valence-electron chi connectivity index (χ2n) is 10.6. The van der Waals surface area contributed by atoms with Crippen molar-refractivity contribution < 1.29 is 14.3 Å². The van der Waals surface area contributed by atoms with Gasteiger partial charge in [-0.3, -0.25) is 14.6 Å². The smallest absolute Gasteiger partial charge is 0.307 e. The zero-order valence-electron chi connectivity index (χ0n) is 21.0. The molecule has 7 heteroatoms. The van der Waals surface area contributed by atoms with Gasteiger partial charge in [0, 0.05) is 48.7 Å². The highest BCUT2D eigenvalue weighted by Crippen LogP contribution is 2.45. The summed E-state index contributed by atoms with van der Waals surface area (Å²) in [5, 5.41) is 0. The maximum atomic E-state index is 13.7. The normalized spacial score (nSPS) is 21.7. The van der Waals surface area contributed by atoms with Crippen LogP contribution in [0.1, 0.15) is 63.0 Å². The lowest BCUT2D eigenvalue weighted by Crippen LogP contribution is -2.49. The van der Waals surface area contributed by atoms with Crippen LogP contribution >= 0.6 is 0 Å². The average Bonchev–Trinajstić information content (AvgIpc) is 3.28. The van der Waals surface area contributed by atoms with Gasteiger partial charge in [0.25, 0.3) is 0 Å². The van der Waals surface area contributed by atoms with Gasteiger partial charge in [-0.25, -0.2) is 9.97 Å². The molecular formula is C30H32N4O3. The molecule has 0 N–H and O–H groups in total. The quantitative estimate of drug-likeness (QED) is 0.463. The molecule has 7 nitrogen and oxygen atoms in total. The van der Waals surface area contributed by atoms with Gasteiger partial charge in [-0.2, -0.15) is 0 Å². The fourth-order valence-electron chi connectivity index (χ4n) is 6.38. The first-order chi connectivity index (χ1) is 18.1. The first-order valence-electron chi connectivity index (χ1n) is 13.5. The minimum absolute atomic E-state index is 0.0909. The van der Waals surface area contributed by atoms with Crippen LogP contribution in [0.15, 0.2) is 61.1 Å². The minimum atomic E-state index is -0.574. The van der Waals surface area contributed by atoms with Crippen LogP contribution in [0.2, 0.25) is 0 Å². The summed E-state index contributed by atoms with van der Waals surface area (Å²) < 4.78 is 5.82. The highest BCUT2D eigenvalue weighted by atomic mass is 16.6. The number of rotatable bonds is 4. The highest BCUT2D eigenvalue weighted by Gasteiger charge is 2.54. The van der Waals surface area contributed by atoms with Crippen molar-refractivity contribution in [2.24, 2.45) is 5.92 Å². The maximum Gasteiger partial charge on any atom is 0.307 e. The molecule has 1 spiro atoms. The van der Waals surface area contributed by atoms with Crippen LogP contribution in [0.5, 0.6) is 0 Å². The van der Waals surface area contributed by atoms with Crippen molar-refractivity contribution in [3.8, 4) is 22.5 Å². The van der Waals surface area contributed by atoms with Crippen LogP contribution in [0.25, 0.3) is 22.5 Å². The monoisotopic (exact) mass is 496 g/mol. The predicted octanol–water partition coefficient (Wildman–Crippen LogP) is 5.18. The summed E-state index contributed by atoms with van der Waals surface area (Å²) in [6, 6.07) is 14.1. The van der Waals surface area contributed by atoms with Gasteiger partial charge in [0.05, 0.1) is 18.0 Å². The standard InChI is InChI=1S/C30H32N4O3/c35-26-18-25(30(37-26)13-5-2-6-14-30)29(36)34-16-11-22(12-17-34)27-24(21-8-3-1-4-9-21)20-32-28(33-27)23-10-7-15-31-19-23/h1,3-4,7-10,15,19-20,22,25H,2,5-6,11-14,16-18H2. The third-order valence-corrected chi connectivity index (χ3v) is 8.34. The SMILES string of the molecule is O=C1CC(C(=O)N2CCC(c3nc(-c4cccnc4)ncc3-c3ccccc3)CC2)C2(CCCCC2)O1. The molecule has 0 radical (unpaired) electrons. The fourth-order valence-corrected chi connectivity index (χ4v) is 6.38. The zero-order valence-corrected chi connectivity index (χ0v) is 21.0. The Labute approximate surface area is 217 Å². The highest BCUT2D eigenvalue weighted by molar-refractivity contribution is 5.88. The molecule has 1 amide bonds. The zero-order chi connectivity index (χ0) is 25.2. The molecule has 3 fully saturated rings. The Hall–Kier alpha value is -3.61. The number of piperidine rings is 1. The van der Waals surface area contributed by atoms with Gasteiger partial charge in [-0.05, 0) is 56.2 Å². The van der Waals surface area contributed by atoms with E-state index in [0.29, 0.717) is 18.9 Å². The summed E-state index contributed by atoms with van der Waals surface area (Å²) in [6.07, 6.45) is 12.1. The third-order valence-electron chi connectivity index (χ3n) is 8.34. The number of hydrogen-bond donors (Lipinski definition) is 0. The third kappa shape index (κ3) is 4.63. The Morgan fingerprint density at radius 1 is 0.946 bits per heavy atom. The largest absolute Gasteiger partial charge is 0.458 e. The van der Waals surface area contributed by atoms with Gasteiger partial charge in [0.1, 0.15) is 5.60 Å². The molecule has 0 bridgehead atoms. The van der Waals surface area contributed by atoms with E-state index < -0.39 is 5.60 Å². The number of esters is 1. The Morgan fingerprint density at radius 2 is 1.70 bits per heavy atom. The van der Waals surface area contributed by atoms with Crippen LogP contribution in [0.4, 0.5) is 0 Å². The van der Waals surface area contributed by atoms with E-state index in [2.05, 4.69) is 22.1 Å². The number of ether oxygens (including phenoxy) is 1. The molecule has 2 saturated heterocycles. The molecule has 1 saturated carbocycles. The Bertz CT molecular complexity index is 1270. The number of amides is 1. The Morgan fingerprint density at radius 3 is 2.43 bits per heavy atom. The fraction of sp³-hybridized carbons (Fsp3) is 0.433. The number of hydrogen-bond acceptors (Lipinski definition) is 6. The van der Waals surface area contributed by atoms with E-state index in [1.807, 2.05) is 41.4 Å². The molecule has 190 valence electrons. The van der Waals surface area contributed by atoms with Crippen LogP contribution in [0.3, 0.4) is 0 Å². The van der Waals surface area contributed by atoms with Crippen molar-refractivity contribution in [2.75, 3.05) is 13.1 Å². The van der Waals surface area contributed by atoms with Gasteiger partial charge in [0.2, 0.25) is 5.91 Å². The average molecular weight is 497 g/mol. The van der Waals surface area contributed by atoms with Crippen molar-refractivity contribution in [1.82, 2.24) is 19.9 Å². The first kappa shape index (κ1) is 23.8. The number of nitrogens with zero attached hydrogens (tertiary/aromatic N) is 4. The lowest BCUT2D eigenvalue weighted by molar-refractivity contribution is -0.156. The lowest BCUT2D eigenvalue weighted by Gasteiger charge is -2.40. The van der Waals surface area contributed by atoms with Crippen LogP contribution in [-0.4, -0.2) is 50.4 Å². The van der Waals surface area contributed by atoms with E-state index in [1.165, 1.54) is 0 Å². The van der Waals surface area contributed by atoms with Crippen molar-refractivity contribution in [3.63, 3.8) is 0 Å². The molecular weight excluding hydrogens is 464 g/mol. The number of carbonyl (C=O) groups excluding carboxylic acids is 2. The molecule has 37 heavy (non-hydrogen) atoms. The Kier molecular flexibility index (Phi) is 6.45. The minimum Gasteiger partial charge on any atom is -0.458 e. The molecule has 2 aliphatic heterocycles. The van der Waals surface area contributed by atoms with Gasteiger partial charge in [-0.1, -0.05) is 36.8 Å². The number of benzene rings is 1. The molecule has 1 aliphatic carbocycles. The predicted molar refractivity (Wildman–Crippen MR) is 139 cm³/mol. The van der Waals surface area contributed by atoms with Crippen LogP contribution in [-0.2, 0) is 14.3 Å². The molecule has 4 heterocycles. The summed E-state index contributed by atoms with van der Waals surface area (Å²) in [7, 11) is 0. The van der Waals surface area contributed by atoms with Gasteiger partial charge in [0.15, 0.2) is 5.82 Å². The molecule has 1 atom stereocenters. The van der Waals surface area contributed by atoms with E-state index in [0.717, 1.165) is 67.3 Å². The van der Waals surface area contributed by atoms with E-state index in [1.54, 1.807) is 12.4 Å². The second-order valence-corrected chi connectivity index (χ2v) is 10.6. The molecule has 3 aliphatic rings. The van der Waals surface area contributed by atoms with Crippen LogP contribution < -0.4 is 0 Å². The number of pyridine rings is 1. The summed E-state index contributed by atoms with van der Waals surface area (Å²) in [5.74, 6) is 0.415. The van der Waals surface area contributed by atoms with Gasteiger partial charge < -0.3 is 9.64 Å². The van der Waals surface area contributed by atoms with Crippen molar-refractivity contribution in [1.29, 1.82) is 0 Å². The Balaban J connectivity index is 1.24. The van der Waals surface area contributed by atoms with Gasteiger partial charge >= 0.3 is 5.97 Å². The van der Waals surface area contributed by atoms with E-state index in [9.17, 15) is 9.59 Å². The summed E-state index contributed by atoms with van der Waals surface area (Å²) in [4.78, 5) is 41.8. The van der Waals surface area contributed by atoms with E-state index in [4.69, 9.17) is 9.72 Å². The summed E-state index contributed by atoms with van der Waals surface area (Å²) in [5.41, 5.74) is 3.47. The molecule has 6 rings (SSSR count). The molecule has 2 aromatic heterocycles. The van der Waals surface area contributed by atoms with Crippen molar-refractivity contribution in [3.05, 3.63) is 66.7 Å². The van der Waals surface area contributed by atoms with Gasteiger partial charge in [-0.15, -0.1) is 0 Å². The van der Waals surface area contributed by atoms with Crippen molar-refractivity contribution >= 4 is 11.9 Å². The summed E-state index contributed by atoms with van der Waals surface area (Å²) in [6.45, 7) is 1.31. The second kappa shape index (κ2) is 10.0. The molecule has 1 aromatic carbocycles. The number of likely N-dealkylation sites (tertiary alicyclic amines) is 1. The van der Waals surface area contributed by atoms with E-state index in [-0.39, 0.29) is 30.1 Å². The van der Waals surface area contributed by atoms with E-state index >= 15 is 0 Å². The van der Waals surface area contributed by atoms with Crippen molar-refractivity contribution in [2.45, 2.75) is 62.9 Å². The maximum absolute atomic E-state index is 13.7. The molecule has 3 aromatic rings. The first-order valence-corrected chi connectivity index (χ1v) is 13.5. The number of carbonyl (C=O) groups is 2. The molecule has 1 unspecified atom stereocenters. The number of aromatic nitrogens is 3. The van der Waals surface area contributed by atoms with Crippen LogP contribution in [0, 0.1) is 5.92 Å².